The van der Waals surface area contributed by atoms with E-state index in [9.17, 15) is 43.2 Å². The van der Waals surface area contributed by atoms with E-state index < -0.39 is 97.5 Å². The highest BCUT2D eigenvalue weighted by molar-refractivity contribution is 7.47. The summed E-state index contributed by atoms with van der Waals surface area (Å²) in [6.45, 7) is 9.63. The molecule has 0 heterocycles. The van der Waals surface area contributed by atoms with Gasteiger partial charge in [-0.25, -0.2) is 9.13 Å². The van der Waals surface area contributed by atoms with Crippen LogP contribution in [-0.4, -0.2) is 96.7 Å². The zero-order valence-electron chi connectivity index (χ0n) is 62.0. The number of phosphoric acid groups is 2. The lowest BCUT2D eigenvalue weighted by molar-refractivity contribution is -0.161. The zero-order valence-corrected chi connectivity index (χ0v) is 63.8. The first-order valence-electron chi connectivity index (χ1n) is 39.5. The van der Waals surface area contributed by atoms with E-state index in [4.69, 9.17) is 37.0 Å². The van der Waals surface area contributed by atoms with Gasteiger partial charge in [0.05, 0.1) is 26.4 Å². The summed E-state index contributed by atoms with van der Waals surface area (Å²) < 4.78 is 68.3. The minimum absolute atomic E-state index is 0.105. The van der Waals surface area contributed by atoms with Crippen LogP contribution in [-0.2, 0) is 65.4 Å². The average molecular weight is 1400 g/mol. The van der Waals surface area contributed by atoms with Gasteiger partial charge in [0.15, 0.2) is 12.2 Å². The molecule has 0 aromatic heterocycles. The lowest BCUT2D eigenvalue weighted by Crippen LogP contribution is -2.30. The first kappa shape index (κ1) is 93.1. The smallest absolute Gasteiger partial charge is 0.462 e. The highest BCUT2D eigenvalue weighted by Gasteiger charge is 2.30. The van der Waals surface area contributed by atoms with Gasteiger partial charge in [-0.15, -0.1) is 0 Å². The molecule has 564 valence electrons. The van der Waals surface area contributed by atoms with Crippen molar-refractivity contribution in [2.45, 2.75) is 413 Å². The Kier molecular flexibility index (Phi) is 66.5. The lowest BCUT2D eigenvalue weighted by Gasteiger charge is -2.21. The molecule has 0 saturated heterocycles. The number of carbonyl (C=O) groups is 4. The van der Waals surface area contributed by atoms with Gasteiger partial charge < -0.3 is 33.8 Å². The van der Waals surface area contributed by atoms with Gasteiger partial charge in [-0.05, 0) is 37.5 Å². The van der Waals surface area contributed by atoms with Crippen LogP contribution in [0.3, 0.4) is 0 Å². The quantitative estimate of drug-likeness (QED) is 0.0222. The van der Waals surface area contributed by atoms with Crippen molar-refractivity contribution in [3.05, 3.63) is 0 Å². The van der Waals surface area contributed by atoms with Gasteiger partial charge in [-0.2, -0.15) is 0 Å². The summed E-state index contributed by atoms with van der Waals surface area (Å²) in [6.07, 6.45) is 55.7. The van der Waals surface area contributed by atoms with Crippen LogP contribution in [0.5, 0.6) is 0 Å². The molecule has 0 aromatic rings. The molecule has 0 aliphatic rings. The monoisotopic (exact) mass is 1400 g/mol. The maximum absolute atomic E-state index is 13.1. The number of esters is 4. The van der Waals surface area contributed by atoms with E-state index in [0.29, 0.717) is 25.7 Å². The second-order valence-electron chi connectivity index (χ2n) is 28.1. The molecule has 0 aliphatic carbocycles. The molecule has 3 unspecified atom stereocenters. The fourth-order valence-electron chi connectivity index (χ4n) is 11.6. The van der Waals surface area contributed by atoms with E-state index in [1.165, 1.54) is 199 Å². The molecule has 0 fully saturated rings. The van der Waals surface area contributed by atoms with Crippen LogP contribution in [0.25, 0.3) is 0 Å². The summed E-state index contributed by atoms with van der Waals surface area (Å²) in [7, 11) is -9.90. The minimum Gasteiger partial charge on any atom is -0.462 e. The minimum atomic E-state index is -4.96. The number of hydrogen-bond donors (Lipinski definition) is 3. The van der Waals surface area contributed by atoms with Gasteiger partial charge in [0.2, 0.25) is 0 Å². The standard InChI is InChI=1S/C76H148O17P2/c1-7-10-12-14-16-40-46-52-58-73(78)86-64-71(92-75(80)60-54-48-41-17-15-13-11-8-2)66-90-94(82,83)88-62-70(77)63-89-95(84,85)91-67-72(65-87-74(79)59-53-47-42-36-32-28-25-24-26-30-34-38-44-50-56-68(4)5)93-76(81)61-55-49-43-37-33-29-23-21-19-18-20-22-27-31-35-39-45-51-57-69(6)9-3/h68-72,77H,7-67H2,1-6H3,(H,82,83)(H,84,85)/t69?,70-,71+,72+/m0/s1. The van der Waals surface area contributed by atoms with Crippen molar-refractivity contribution in [1.82, 2.24) is 0 Å². The number of carbonyl (C=O) groups excluding carboxylic acids is 4. The summed E-state index contributed by atoms with van der Waals surface area (Å²) in [5.41, 5.74) is 0. The molecule has 17 nitrogen and oxygen atoms in total. The SMILES string of the molecule is CCCCCCCCCCC(=O)OC[C@H](COP(=O)(O)OC[C@H](O)COP(=O)(O)OC[C@@H](COC(=O)CCCCCCCCCCCCCCCCC(C)C)OC(=O)CCCCCCCCCCCCCCCCCCCCC(C)CC)OC(=O)CCCCCCCCCC. The van der Waals surface area contributed by atoms with Gasteiger partial charge in [0, 0.05) is 25.7 Å². The highest BCUT2D eigenvalue weighted by atomic mass is 31.2. The van der Waals surface area contributed by atoms with Crippen LogP contribution in [0, 0.1) is 11.8 Å². The lowest BCUT2D eigenvalue weighted by atomic mass is 9.99. The summed E-state index contributed by atoms with van der Waals surface area (Å²) in [4.78, 5) is 72.5. The van der Waals surface area contributed by atoms with Crippen molar-refractivity contribution in [3.63, 3.8) is 0 Å². The number of aliphatic hydroxyl groups is 1. The van der Waals surface area contributed by atoms with Crippen LogP contribution >= 0.6 is 15.6 Å². The van der Waals surface area contributed by atoms with Gasteiger partial charge in [-0.1, -0.05) is 343 Å². The number of ether oxygens (including phenoxy) is 4. The van der Waals surface area contributed by atoms with E-state index in [1.807, 2.05) is 0 Å². The Labute approximate surface area is 581 Å². The van der Waals surface area contributed by atoms with Crippen LogP contribution in [0.4, 0.5) is 0 Å². The zero-order chi connectivity index (χ0) is 70.0. The van der Waals surface area contributed by atoms with E-state index in [1.54, 1.807) is 0 Å². The van der Waals surface area contributed by atoms with Gasteiger partial charge in [-0.3, -0.25) is 37.3 Å². The van der Waals surface area contributed by atoms with Gasteiger partial charge in [0.1, 0.15) is 19.3 Å². The number of phosphoric ester groups is 2. The maximum Gasteiger partial charge on any atom is 0.472 e. The van der Waals surface area contributed by atoms with Crippen molar-refractivity contribution in [2.75, 3.05) is 39.6 Å². The number of hydrogen-bond acceptors (Lipinski definition) is 15. The predicted octanol–water partition coefficient (Wildman–Crippen LogP) is 22.3. The predicted molar refractivity (Wildman–Crippen MR) is 386 cm³/mol. The molecule has 0 amide bonds. The Morgan fingerprint density at radius 2 is 0.537 bits per heavy atom. The molecule has 0 radical (unpaired) electrons. The molecule has 0 rings (SSSR count). The second-order valence-corrected chi connectivity index (χ2v) is 31.0. The van der Waals surface area contributed by atoms with Crippen LogP contribution < -0.4 is 0 Å². The van der Waals surface area contributed by atoms with Crippen LogP contribution in [0.2, 0.25) is 0 Å². The van der Waals surface area contributed by atoms with Gasteiger partial charge in [0.25, 0.3) is 0 Å². The third-order valence-electron chi connectivity index (χ3n) is 18.1. The molecular weight excluding hydrogens is 1250 g/mol. The molecule has 0 spiro atoms. The highest BCUT2D eigenvalue weighted by Crippen LogP contribution is 2.45. The summed E-state index contributed by atoms with van der Waals surface area (Å²) in [5, 5.41) is 10.6. The first-order valence-corrected chi connectivity index (χ1v) is 42.5. The fraction of sp³-hybridized carbons (Fsp3) is 0.947. The molecule has 0 bridgehead atoms. The Morgan fingerprint density at radius 1 is 0.305 bits per heavy atom. The fourth-order valence-corrected chi connectivity index (χ4v) is 13.2. The van der Waals surface area contributed by atoms with Crippen molar-refractivity contribution >= 4 is 39.5 Å². The van der Waals surface area contributed by atoms with Crippen molar-refractivity contribution in [2.24, 2.45) is 11.8 Å². The molecule has 0 aromatic carbocycles. The summed E-state index contributed by atoms with van der Waals surface area (Å²) in [5.74, 6) is -0.452. The molecule has 95 heavy (non-hydrogen) atoms. The van der Waals surface area contributed by atoms with E-state index >= 15 is 0 Å². The molecule has 0 saturated carbocycles. The number of rotatable bonds is 75. The van der Waals surface area contributed by atoms with E-state index in [2.05, 4.69) is 41.5 Å². The molecule has 3 N–H and O–H groups in total. The van der Waals surface area contributed by atoms with Crippen molar-refractivity contribution in [1.29, 1.82) is 0 Å². The topological polar surface area (TPSA) is 237 Å². The molecular formula is C76H148O17P2. The first-order chi connectivity index (χ1) is 45.9. The van der Waals surface area contributed by atoms with Crippen LogP contribution in [0.15, 0.2) is 0 Å². The largest absolute Gasteiger partial charge is 0.472 e. The van der Waals surface area contributed by atoms with E-state index in [-0.39, 0.29) is 25.7 Å². The maximum atomic E-state index is 13.1. The van der Waals surface area contributed by atoms with Crippen molar-refractivity contribution in [3.8, 4) is 0 Å². The van der Waals surface area contributed by atoms with Crippen LogP contribution in [0.1, 0.15) is 395 Å². The average Bonchev–Trinajstić information content (AvgIpc) is 1.44. The van der Waals surface area contributed by atoms with E-state index in [0.717, 1.165) is 115 Å². The van der Waals surface area contributed by atoms with Gasteiger partial charge >= 0.3 is 39.5 Å². The number of unbranched alkanes of at least 4 members (excludes halogenated alkanes) is 44. The normalized spacial score (nSPS) is 14.3. The Morgan fingerprint density at radius 3 is 0.800 bits per heavy atom. The molecule has 0 aliphatic heterocycles. The van der Waals surface area contributed by atoms with Crippen molar-refractivity contribution < 1.29 is 80.2 Å². The summed E-state index contributed by atoms with van der Waals surface area (Å²) in [6, 6.07) is 0. The summed E-state index contributed by atoms with van der Waals surface area (Å²) >= 11 is 0. The Bertz CT molecular complexity index is 1840. The third kappa shape index (κ3) is 69.0. The number of aliphatic hydroxyl groups excluding tert-OH is 1. The molecule has 19 heteroatoms. The second kappa shape index (κ2) is 67.9. The Balaban J connectivity index is 5.13. The Hall–Kier alpha value is -1.94. The molecule has 6 atom stereocenters. The third-order valence-corrected chi connectivity index (χ3v) is 20.0.